The molecule has 21 heavy (non-hydrogen) atoms. The minimum Gasteiger partial charge on any atom is -0.462 e. The van der Waals surface area contributed by atoms with Crippen LogP contribution in [0.15, 0.2) is 22.8 Å². The first-order valence-electron chi connectivity index (χ1n) is 6.36. The fraction of sp³-hybridized carbons (Fsp3) is 0.357. The topological polar surface area (TPSA) is 31.2 Å². The van der Waals surface area contributed by atoms with Crippen molar-refractivity contribution >= 4 is 32.8 Å². The number of aryl methyl sites for hydroxylation is 1. The fourth-order valence-electron chi connectivity index (χ4n) is 2.22. The number of ether oxygens (including phenoxy) is 1. The van der Waals surface area contributed by atoms with Gasteiger partial charge in [-0.1, -0.05) is 0 Å². The van der Waals surface area contributed by atoms with E-state index in [2.05, 4.69) is 15.9 Å². The molecule has 0 radical (unpaired) electrons. The number of hydrogen-bond acceptors (Lipinski definition) is 2. The van der Waals surface area contributed by atoms with E-state index in [1.165, 1.54) is 0 Å². The first-order chi connectivity index (χ1) is 9.79. The van der Waals surface area contributed by atoms with Crippen molar-refractivity contribution in [1.29, 1.82) is 0 Å². The SMILES string of the molecule is CCOC(=O)c1cc(C(F)(F)F)cc2cc(Br)n(CC)c12. The summed E-state index contributed by atoms with van der Waals surface area (Å²) in [6.07, 6.45) is -4.52. The molecule has 1 aromatic heterocycles. The van der Waals surface area contributed by atoms with E-state index < -0.39 is 17.7 Å². The van der Waals surface area contributed by atoms with E-state index in [1.807, 2.05) is 6.92 Å². The maximum absolute atomic E-state index is 13.0. The number of halogens is 4. The zero-order valence-corrected chi connectivity index (χ0v) is 13.0. The Bertz CT molecular complexity index is 692. The average Bonchev–Trinajstić information content (AvgIpc) is 2.71. The van der Waals surface area contributed by atoms with Crippen LogP contribution in [0.2, 0.25) is 0 Å². The molecule has 0 bridgehead atoms. The van der Waals surface area contributed by atoms with Crippen LogP contribution in [0.5, 0.6) is 0 Å². The molecule has 3 nitrogen and oxygen atoms in total. The Kier molecular flexibility index (Phi) is 4.32. The van der Waals surface area contributed by atoms with Gasteiger partial charge in [0.1, 0.15) is 0 Å². The van der Waals surface area contributed by atoms with Crippen LogP contribution in [-0.2, 0) is 17.5 Å². The molecule has 2 rings (SSSR count). The van der Waals surface area contributed by atoms with Crippen LogP contribution in [0.3, 0.4) is 0 Å². The summed E-state index contributed by atoms with van der Waals surface area (Å²) in [5.74, 6) is -0.756. The molecule has 0 fully saturated rings. The van der Waals surface area contributed by atoms with Crippen molar-refractivity contribution in [2.24, 2.45) is 0 Å². The largest absolute Gasteiger partial charge is 0.462 e. The molecule has 0 saturated heterocycles. The minimum atomic E-state index is -4.52. The number of rotatable bonds is 3. The van der Waals surface area contributed by atoms with Gasteiger partial charge in [-0.2, -0.15) is 13.2 Å². The van der Waals surface area contributed by atoms with Crippen LogP contribution in [0.4, 0.5) is 13.2 Å². The van der Waals surface area contributed by atoms with E-state index >= 15 is 0 Å². The Balaban J connectivity index is 2.79. The van der Waals surface area contributed by atoms with Gasteiger partial charge in [-0.25, -0.2) is 4.79 Å². The van der Waals surface area contributed by atoms with Crippen molar-refractivity contribution < 1.29 is 22.7 Å². The third kappa shape index (κ3) is 2.92. The molecule has 1 heterocycles. The van der Waals surface area contributed by atoms with Crippen LogP contribution >= 0.6 is 15.9 Å². The summed E-state index contributed by atoms with van der Waals surface area (Å²) in [7, 11) is 0. The van der Waals surface area contributed by atoms with Crippen molar-refractivity contribution in [3.8, 4) is 0 Å². The van der Waals surface area contributed by atoms with Crippen LogP contribution in [0.25, 0.3) is 10.9 Å². The molecule has 0 spiro atoms. The predicted molar refractivity (Wildman–Crippen MR) is 76.3 cm³/mol. The molecule has 0 N–H and O–H groups in total. The van der Waals surface area contributed by atoms with Crippen LogP contribution < -0.4 is 0 Å². The zero-order valence-electron chi connectivity index (χ0n) is 11.4. The van der Waals surface area contributed by atoms with Crippen LogP contribution in [0.1, 0.15) is 29.8 Å². The van der Waals surface area contributed by atoms with Gasteiger partial charge in [0, 0.05) is 11.9 Å². The lowest BCUT2D eigenvalue weighted by atomic mass is 10.1. The van der Waals surface area contributed by atoms with Crippen molar-refractivity contribution in [2.75, 3.05) is 6.61 Å². The Morgan fingerprint density at radius 1 is 1.29 bits per heavy atom. The van der Waals surface area contributed by atoms with Gasteiger partial charge in [0.15, 0.2) is 0 Å². The number of alkyl halides is 3. The summed E-state index contributed by atoms with van der Waals surface area (Å²) in [5.41, 5.74) is -0.496. The van der Waals surface area contributed by atoms with Gasteiger partial charge >= 0.3 is 12.1 Å². The fourth-order valence-corrected chi connectivity index (χ4v) is 2.89. The first kappa shape index (κ1) is 15.9. The Morgan fingerprint density at radius 3 is 2.48 bits per heavy atom. The second-order valence-electron chi connectivity index (χ2n) is 4.39. The van der Waals surface area contributed by atoms with E-state index in [0.717, 1.165) is 12.1 Å². The number of benzene rings is 1. The highest BCUT2D eigenvalue weighted by atomic mass is 79.9. The summed E-state index contributed by atoms with van der Waals surface area (Å²) >= 11 is 3.30. The van der Waals surface area contributed by atoms with Gasteiger partial charge in [0.05, 0.1) is 27.9 Å². The monoisotopic (exact) mass is 363 g/mol. The molecule has 0 saturated carbocycles. The van der Waals surface area contributed by atoms with E-state index in [-0.39, 0.29) is 12.2 Å². The molecule has 7 heteroatoms. The van der Waals surface area contributed by atoms with E-state index in [4.69, 9.17) is 4.74 Å². The molecule has 0 aliphatic carbocycles. The van der Waals surface area contributed by atoms with E-state index in [9.17, 15) is 18.0 Å². The maximum atomic E-state index is 13.0. The molecular formula is C14H13BrF3NO2. The van der Waals surface area contributed by atoms with Gasteiger partial charge in [-0.15, -0.1) is 0 Å². The molecule has 0 atom stereocenters. The van der Waals surface area contributed by atoms with Crippen molar-refractivity contribution in [1.82, 2.24) is 4.57 Å². The highest BCUT2D eigenvalue weighted by Crippen LogP contribution is 2.35. The number of carbonyl (C=O) groups excluding carboxylic acids is 1. The second kappa shape index (κ2) is 5.71. The summed E-state index contributed by atoms with van der Waals surface area (Å²) in [6, 6.07) is 3.45. The summed E-state index contributed by atoms with van der Waals surface area (Å²) < 4.78 is 46.1. The third-order valence-corrected chi connectivity index (χ3v) is 3.74. The van der Waals surface area contributed by atoms with Gasteiger partial charge in [0.2, 0.25) is 0 Å². The minimum absolute atomic E-state index is 0.0748. The Hall–Kier alpha value is -1.50. The number of fused-ring (bicyclic) bond motifs is 1. The molecule has 0 amide bonds. The normalized spacial score (nSPS) is 11.9. The number of carbonyl (C=O) groups is 1. The zero-order chi connectivity index (χ0) is 15.8. The quantitative estimate of drug-likeness (QED) is 0.745. The standard InChI is InChI=1S/C14H13BrF3NO2/c1-3-19-11(15)6-8-5-9(14(16,17)18)7-10(12(8)19)13(20)21-4-2/h5-7H,3-4H2,1-2H3. The third-order valence-electron chi connectivity index (χ3n) is 3.08. The summed E-state index contributed by atoms with van der Waals surface area (Å²) in [6.45, 7) is 4.07. The predicted octanol–water partition coefficient (Wildman–Crippen LogP) is 4.62. The number of nitrogens with zero attached hydrogens (tertiary/aromatic N) is 1. The molecule has 114 valence electrons. The maximum Gasteiger partial charge on any atom is 0.416 e. The lowest BCUT2D eigenvalue weighted by Crippen LogP contribution is -2.12. The highest BCUT2D eigenvalue weighted by Gasteiger charge is 2.33. The molecule has 0 aliphatic rings. The summed E-state index contributed by atoms with van der Waals surface area (Å²) in [5, 5.41) is 0.349. The average molecular weight is 364 g/mol. The Labute approximate surface area is 127 Å². The molecule has 2 aromatic rings. The number of aromatic nitrogens is 1. The van der Waals surface area contributed by atoms with Crippen molar-refractivity contribution in [3.05, 3.63) is 33.9 Å². The Morgan fingerprint density at radius 2 is 1.95 bits per heavy atom. The molecule has 0 unspecified atom stereocenters. The molecular weight excluding hydrogens is 351 g/mol. The van der Waals surface area contributed by atoms with E-state index in [0.29, 0.717) is 22.1 Å². The van der Waals surface area contributed by atoms with Crippen LogP contribution in [0, 0.1) is 0 Å². The van der Waals surface area contributed by atoms with Gasteiger partial charge in [0.25, 0.3) is 0 Å². The van der Waals surface area contributed by atoms with E-state index in [1.54, 1.807) is 17.6 Å². The van der Waals surface area contributed by atoms with Gasteiger partial charge < -0.3 is 9.30 Å². The summed E-state index contributed by atoms with van der Waals surface area (Å²) in [4.78, 5) is 12.0. The van der Waals surface area contributed by atoms with Crippen molar-refractivity contribution in [2.45, 2.75) is 26.6 Å². The highest BCUT2D eigenvalue weighted by molar-refractivity contribution is 9.10. The lowest BCUT2D eigenvalue weighted by Gasteiger charge is -2.12. The van der Waals surface area contributed by atoms with Gasteiger partial charge in [-0.3, -0.25) is 0 Å². The van der Waals surface area contributed by atoms with Crippen molar-refractivity contribution in [3.63, 3.8) is 0 Å². The first-order valence-corrected chi connectivity index (χ1v) is 7.16. The molecule has 0 aliphatic heterocycles. The lowest BCUT2D eigenvalue weighted by molar-refractivity contribution is -0.137. The number of hydrogen-bond donors (Lipinski definition) is 0. The smallest absolute Gasteiger partial charge is 0.416 e. The molecule has 1 aromatic carbocycles. The number of esters is 1. The second-order valence-corrected chi connectivity index (χ2v) is 5.20. The van der Waals surface area contributed by atoms with Gasteiger partial charge in [-0.05, 0) is 48.0 Å². The van der Waals surface area contributed by atoms with Crippen LogP contribution in [-0.4, -0.2) is 17.1 Å².